The lowest BCUT2D eigenvalue weighted by molar-refractivity contribution is 0.0660. The molecular formula is C15H13N3O4. The molecule has 0 bridgehead atoms. The van der Waals surface area contributed by atoms with Gasteiger partial charge in [-0.25, -0.2) is 10.2 Å². The van der Waals surface area contributed by atoms with Gasteiger partial charge >= 0.3 is 5.97 Å². The molecule has 0 atom stereocenters. The van der Waals surface area contributed by atoms with Crippen LogP contribution in [0, 0.1) is 0 Å². The number of rotatable bonds is 3. The molecule has 3 rings (SSSR count). The third-order valence-electron chi connectivity index (χ3n) is 3.38. The number of carboxylic acid groups (broad SMARTS) is 1. The van der Waals surface area contributed by atoms with Crippen molar-refractivity contribution in [3.8, 4) is 0 Å². The predicted molar refractivity (Wildman–Crippen MR) is 76.8 cm³/mol. The van der Waals surface area contributed by atoms with Crippen LogP contribution in [-0.4, -0.2) is 27.7 Å². The van der Waals surface area contributed by atoms with Crippen LogP contribution >= 0.6 is 0 Å². The van der Waals surface area contributed by atoms with Crippen LogP contribution in [0.5, 0.6) is 0 Å². The van der Waals surface area contributed by atoms with Gasteiger partial charge in [0.05, 0.1) is 5.71 Å². The van der Waals surface area contributed by atoms with Crippen molar-refractivity contribution in [2.75, 3.05) is 0 Å². The number of aromatic nitrogens is 1. The van der Waals surface area contributed by atoms with Crippen molar-refractivity contribution in [1.29, 1.82) is 0 Å². The number of nitrogens with one attached hydrogen (secondary N) is 1. The Balaban J connectivity index is 1.82. The van der Waals surface area contributed by atoms with Crippen molar-refractivity contribution in [2.24, 2.45) is 5.10 Å². The first-order valence-corrected chi connectivity index (χ1v) is 6.78. The molecule has 22 heavy (non-hydrogen) atoms. The number of fused-ring (bicyclic) bond motifs is 1. The van der Waals surface area contributed by atoms with Gasteiger partial charge in [0.15, 0.2) is 0 Å². The fraction of sp³-hybridized carbons (Fsp3) is 0.200. The van der Waals surface area contributed by atoms with Gasteiger partial charge in [-0.2, -0.15) is 5.10 Å². The van der Waals surface area contributed by atoms with Crippen LogP contribution < -0.4 is 5.43 Å². The number of aryl methyl sites for hydroxylation is 1. The predicted octanol–water partition coefficient (Wildman–Crippen LogP) is 1.84. The van der Waals surface area contributed by atoms with E-state index < -0.39 is 5.97 Å². The number of carbonyl (C=O) groups is 2. The Kier molecular flexibility index (Phi) is 3.69. The third kappa shape index (κ3) is 2.73. The number of hydrazone groups is 1. The summed E-state index contributed by atoms with van der Waals surface area (Å²) in [5, 5.41) is 13.1. The summed E-state index contributed by atoms with van der Waals surface area (Å²) in [6, 6.07) is 4.62. The zero-order valence-electron chi connectivity index (χ0n) is 11.6. The molecule has 0 fully saturated rings. The van der Waals surface area contributed by atoms with Gasteiger partial charge in [0.1, 0.15) is 5.76 Å². The fourth-order valence-corrected chi connectivity index (χ4v) is 2.32. The normalized spacial score (nSPS) is 15.4. The van der Waals surface area contributed by atoms with Crippen LogP contribution in [-0.2, 0) is 6.42 Å². The molecule has 1 aliphatic rings. The smallest absolute Gasteiger partial charge is 0.371 e. The minimum atomic E-state index is -1.12. The Hall–Kier alpha value is -2.96. The number of furan rings is 1. The first-order valence-electron chi connectivity index (χ1n) is 6.78. The first kappa shape index (κ1) is 14.0. The van der Waals surface area contributed by atoms with Gasteiger partial charge in [-0.1, -0.05) is 0 Å². The summed E-state index contributed by atoms with van der Waals surface area (Å²) < 4.78 is 5.29. The van der Waals surface area contributed by atoms with Crippen molar-refractivity contribution in [3.05, 3.63) is 53.2 Å². The number of nitrogens with zero attached hydrogens (tertiary/aromatic N) is 2. The SMILES string of the molecule is O=C(NN=C1CCCc2oc(C(=O)O)cc21)c1ccncc1. The number of carbonyl (C=O) groups excluding carboxylic acids is 1. The van der Waals surface area contributed by atoms with E-state index in [1.807, 2.05) is 0 Å². The van der Waals surface area contributed by atoms with Gasteiger partial charge in [0, 0.05) is 36.0 Å². The number of pyridine rings is 1. The summed E-state index contributed by atoms with van der Waals surface area (Å²) in [5.41, 5.74) is 4.21. The molecule has 0 aliphatic heterocycles. The number of hydrogen-bond acceptors (Lipinski definition) is 5. The van der Waals surface area contributed by atoms with Gasteiger partial charge < -0.3 is 9.52 Å². The van der Waals surface area contributed by atoms with Crippen molar-refractivity contribution >= 4 is 17.6 Å². The Labute approximate surface area is 125 Å². The van der Waals surface area contributed by atoms with Gasteiger partial charge in [0.25, 0.3) is 5.91 Å². The first-order chi connectivity index (χ1) is 10.6. The molecule has 1 aliphatic carbocycles. The maximum atomic E-state index is 11.9. The average Bonchev–Trinajstić information content (AvgIpc) is 2.98. The van der Waals surface area contributed by atoms with Gasteiger partial charge in [-0.15, -0.1) is 0 Å². The van der Waals surface area contributed by atoms with Crippen LogP contribution in [0.15, 0.2) is 40.1 Å². The Morgan fingerprint density at radius 1 is 1.27 bits per heavy atom. The quantitative estimate of drug-likeness (QED) is 0.841. The highest BCUT2D eigenvalue weighted by Gasteiger charge is 2.23. The molecule has 2 aromatic heterocycles. The number of amides is 1. The van der Waals surface area contributed by atoms with Crippen LogP contribution in [0.4, 0.5) is 0 Å². The molecule has 0 saturated heterocycles. The van der Waals surface area contributed by atoms with E-state index in [0.29, 0.717) is 35.4 Å². The van der Waals surface area contributed by atoms with Crippen molar-refractivity contribution in [1.82, 2.24) is 10.4 Å². The van der Waals surface area contributed by atoms with Crippen LogP contribution in [0.3, 0.4) is 0 Å². The van der Waals surface area contributed by atoms with E-state index in [0.717, 1.165) is 6.42 Å². The molecule has 0 saturated carbocycles. The molecule has 7 heteroatoms. The molecule has 2 heterocycles. The summed E-state index contributed by atoms with van der Waals surface area (Å²) in [5.74, 6) is -0.973. The highest BCUT2D eigenvalue weighted by Crippen LogP contribution is 2.25. The van der Waals surface area contributed by atoms with E-state index in [2.05, 4.69) is 15.5 Å². The molecule has 0 unspecified atom stereocenters. The topological polar surface area (TPSA) is 105 Å². The minimum Gasteiger partial charge on any atom is -0.475 e. The molecular weight excluding hydrogens is 286 g/mol. The zero-order chi connectivity index (χ0) is 15.5. The molecule has 2 N–H and O–H groups in total. The van der Waals surface area contributed by atoms with Crippen LogP contribution in [0.2, 0.25) is 0 Å². The Bertz CT molecular complexity index is 749. The summed E-state index contributed by atoms with van der Waals surface area (Å²) in [6.07, 6.45) is 5.16. The van der Waals surface area contributed by atoms with E-state index in [9.17, 15) is 9.59 Å². The monoisotopic (exact) mass is 299 g/mol. The molecule has 0 spiro atoms. The second-order valence-corrected chi connectivity index (χ2v) is 4.84. The van der Waals surface area contributed by atoms with Crippen LogP contribution in [0.1, 0.15) is 45.1 Å². The minimum absolute atomic E-state index is 0.111. The Morgan fingerprint density at radius 2 is 2.05 bits per heavy atom. The number of aromatic carboxylic acids is 1. The largest absolute Gasteiger partial charge is 0.475 e. The summed E-state index contributed by atoms with van der Waals surface area (Å²) in [6.45, 7) is 0. The lowest BCUT2D eigenvalue weighted by Crippen LogP contribution is -2.21. The second kappa shape index (κ2) is 5.80. The van der Waals surface area contributed by atoms with Gasteiger partial charge in [-0.05, 0) is 25.0 Å². The van der Waals surface area contributed by atoms with Crippen molar-refractivity contribution < 1.29 is 19.1 Å². The summed E-state index contributed by atoms with van der Waals surface area (Å²) >= 11 is 0. The lowest BCUT2D eigenvalue weighted by atomic mass is 9.96. The molecule has 0 radical (unpaired) electrons. The van der Waals surface area contributed by atoms with E-state index in [4.69, 9.17) is 9.52 Å². The van der Waals surface area contributed by atoms with Crippen molar-refractivity contribution in [3.63, 3.8) is 0 Å². The standard InChI is InChI=1S/C15H13N3O4/c19-14(9-4-6-16-7-5-9)18-17-11-2-1-3-12-10(11)8-13(22-12)15(20)21/h4-8H,1-3H2,(H,18,19)(H,20,21). The fourth-order valence-electron chi connectivity index (χ4n) is 2.32. The third-order valence-corrected chi connectivity index (χ3v) is 3.38. The van der Waals surface area contributed by atoms with E-state index in [1.54, 1.807) is 12.1 Å². The molecule has 2 aromatic rings. The maximum absolute atomic E-state index is 11.9. The maximum Gasteiger partial charge on any atom is 0.371 e. The van der Waals surface area contributed by atoms with Gasteiger partial charge in [-0.3, -0.25) is 9.78 Å². The molecule has 112 valence electrons. The number of hydrogen-bond donors (Lipinski definition) is 2. The van der Waals surface area contributed by atoms with E-state index in [1.165, 1.54) is 18.5 Å². The van der Waals surface area contributed by atoms with E-state index >= 15 is 0 Å². The second-order valence-electron chi connectivity index (χ2n) is 4.84. The average molecular weight is 299 g/mol. The number of carboxylic acids is 1. The summed E-state index contributed by atoms with van der Waals surface area (Å²) in [7, 11) is 0. The lowest BCUT2D eigenvalue weighted by Gasteiger charge is -2.12. The molecule has 0 aromatic carbocycles. The molecule has 1 amide bonds. The van der Waals surface area contributed by atoms with Gasteiger partial charge in [0.2, 0.25) is 5.76 Å². The van der Waals surface area contributed by atoms with E-state index in [-0.39, 0.29) is 11.7 Å². The van der Waals surface area contributed by atoms with Crippen LogP contribution in [0.25, 0.3) is 0 Å². The highest BCUT2D eigenvalue weighted by atomic mass is 16.4. The Morgan fingerprint density at radius 3 is 2.77 bits per heavy atom. The highest BCUT2D eigenvalue weighted by molar-refractivity contribution is 6.04. The van der Waals surface area contributed by atoms with Crippen molar-refractivity contribution in [2.45, 2.75) is 19.3 Å². The molecule has 7 nitrogen and oxygen atoms in total. The zero-order valence-corrected chi connectivity index (χ0v) is 11.6. The summed E-state index contributed by atoms with van der Waals surface area (Å²) in [4.78, 5) is 26.8.